The van der Waals surface area contributed by atoms with Crippen LogP contribution in [0.25, 0.3) is 0 Å². The van der Waals surface area contributed by atoms with E-state index in [9.17, 15) is 0 Å². The summed E-state index contributed by atoms with van der Waals surface area (Å²) in [6.07, 6.45) is 9.05. The largest absolute Gasteiger partial charge is 0.311 e. The van der Waals surface area contributed by atoms with E-state index >= 15 is 0 Å². The van der Waals surface area contributed by atoms with Crippen molar-refractivity contribution in [1.82, 2.24) is 35.0 Å². The van der Waals surface area contributed by atoms with Crippen molar-refractivity contribution in [2.24, 2.45) is 20.0 Å². The number of aromatic nitrogens is 5. The summed E-state index contributed by atoms with van der Waals surface area (Å²) in [4.78, 5) is 2.73. The molecule has 0 bridgehead atoms. The van der Waals surface area contributed by atoms with Gasteiger partial charge in [0.2, 0.25) is 0 Å². The highest BCUT2D eigenvalue weighted by Gasteiger charge is 2.41. The van der Waals surface area contributed by atoms with Gasteiger partial charge in [-0.05, 0) is 44.2 Å². The second-order valence-corrected chi connectivity index (χ2v) is 7.18. The molecule has 7 nitrogen and oxygen atoms in total. The molecule has 1 saturated carbocycles. The van der Waals surface area contributed by atoms with Gasteiger partial charge in [-0.2, -0.15) is 5.10 Å². The first-order valence-electron chi connectivity index (χ1n) is 9.02. The third-order valence-electron chi connectivity index (χ3n) is 5.49. The van der Waals surface area contributed by atoms with Crippen molar-refractivity contribution in [1.29, 1.82) is 0 Å². The van der Waals surface area contributed by atoms with Gasteiger partial charge in [0, 0.05) is 39.4 Å². The molecule has 1 N–H and O–H groups in total. The van der Waals surface area contributed by atoms with Crippen molar-refractivity contribution < 1.29 is 0 Å². The average molecular weight is 329 g/mol. The van der Waals surface area contributed by atoms with Crippen LogP contribution in [0.1, 0.15) is 43.1 Å². The second kappa shape index (κ2) is 6.64. The lowest BCUT2D eigenvalue weighted by molar-refractivity contribution is 0.0776. The van der Waals surface area contributed by atoms with Crippen LogP contribution in [0.2, 0.25) is 0 Å². The molecule has 24 heavy (non-hydrogen) atoms. The van der Waals surface area contributed by atoms with Crippen LogP contribution in [0.5, 0.6) is 0 Å². The first-order valence-corrected chi connectivity index (χ1v) is 9.02. The minimum atomic E-state index is 0.482. The first kappa shape index (κ1) is 15.8. The van der Waals surface area contributed by atoms with E-state index < -0.39 is 0 Å². The van der Waals surface area contributed by atoms with Crippen molar-refractivity contribution in [3.63, 3.8) is 0 Å². The minimum absolute atomic E-state index is 0.482. The molecule has 3 heterocycles. The fraction of sp³-hybridized carbons (Fsp3) is 0.706. The smallest absolute Gasteiger partial charge is 0.0738 e. The summed E-state index contributed by atoms with van der Waals surface area (Å²) >= 11 is 0. The molecule has 2 fully saturated rings. The monoisotopic (exact) mass is 329 g/mol. The highest BCUT2D eigenvalue weighted by molar-refractivity contribution is 5.12. The predicted molar refractivity (Wildman–Crippen MR) is 91.1 cm³/mol. The van der Waals surface area contributed by atoms with Crippen LogP contribution < -0.4 is 5.32 Å². The van der Waals surface area contributed by atoms with E-state index in [1.54, 1.807) is 0 Å². The summed E-state index contributed by atoms with van der Waals surface area (Å²) in [5.74, 6) is 0.621. The van der Waals surface area contributed by atoms with Crippen LogP contribution in [0.15, 0.2) is 18.5 Å². The summed E-state index contributed by atoms with van der Waals surface area (Å²) in [5, 5.41) is 16.0. The second-order valence-electron chi connectivity index (χ2n) is 7.18. The summed E-state index contributed by atoms with van der Waals surface area (Å²) in [5.41, 5.74) is 2.48. The van der Waals surface area contributed by atoms with Crippen LogP contribution in [-0.2, 0) is 20.6 Å². The number of nitrogens with zero attached hydrogens (tertiary/aromatic N) is 6. The van der Waals surface area contributed by atoms with Gasteiger partial charge in [-0.15, -0.1) is 5.10 Å². The van der Waals surface area contributed by atoms with Crippen LogP contribution in [-0.4, -0.2) is 48.8 Å². The molecule has 1 saturated heterocycles. The molecule has 130 valence electrons. The van der Waals surface area contributed by atoms with Crippen LogP contribution >= 0.6 is 0 Å². The van der Waals surface area contributed by atoms with E-state index in [0.717, 1.165) is 24.8 Å². The number of aryl methyl sites for hydroxylation is 2. The van der Waals surface area contributed by atoms with Gasteiger partial charge in [-0.1, -0.05) is 5.21 Å². The molecule has 0 spiro atoms. The lowest BCUT2D eigenvalue weighted by atomic mass is 9.86. The highest BCUT2D eigenvalue weighted by Crippen LogP contribution is 2.42. The summed E-state index contributed by atoms with van der Waals surface area (Å²) in [6, 6.07) is 3.47. The molecule has 0 amide bonds. The molecule has 0 unspecified atom stereocenters. The standard InChI is InChI=1S/C17H27N7/c1-22-15(12-19-21-22)11-18-10-13-4-3-9-24(14-5-6-14)17(13)16-7-8-20-23(16)2/h7-8,12-14,17-18H,3-6,9-11H2,1-2H3/t13-,17+/m0/s1. The van der Waals surface area contributed by atoms with Gasteiger partial charge in [0.25, 0.3) is 0 Å². The minimum Gasteiger partial charge on any atom is -0.311 e. The molecular formula is C17H27N7. The fourth-order valence-electron chi connectivity index (χ4n) is 4.08. The Hall–Kier alpha value is -1.73. The van der Waals surface area contributed by atoms with E-state index in [1.807, 2.05) is 24.1 Å². The van der Waals surface area contributed by atoms with Crippen molar-refractivity contribution in [2.75, 3.05) is 13.1 Å². The van der Waals surface area contributed by atoms with Crippen molar-refractivity contribution >= 4 is 0 Å². The van der Waals surface area contributed by atoms with Crippen molar-refractivity contribution in [3.8, 4) is 0 Å². The molecule has 2 aromatic rings. The molecule has 0 aromatic carbocycles. The van der Waals surface area contributed by atoms with Crippen molar-refractivity contribution in [3.05, 3.63) is 29.8 Å². The zero-order valence-corrected chi connectivity index (χ0v) is 14.6. The number of piperidine rings is 1. The van der Waals surface area contributed by atoms with Crippen LogP contribution in [0.3, 0.4) is 0 Å². The molecule has 1 aliphatic carbocycles. The molecular weight excluding hydrogens is 302 g/mol. The number of hydrogen-bond donors (Lipinski definition) is 1. The number of nitrogens with one attached hydrogen (secondary N) is 1. The van der Waals surface area contributed by atoms with Gasteiger partial charge in [0.15, 0.2) is 0 Å². The lowest BCUT2D eigenvalue weighted by Gasteiger charge is -2.42. The maximum atomic E-state index is 4.42. The lowest BCUT2D eigenvalue weighted by Crippen LogP contribution is -2.44. The molecule has 0 radical (unpaired) electrons. The molecule has 2 atom stereocenters. The Balaban J connectivity index is 1.47. The summed E-state index contributed by atoms with van der Waals surface area (Å²) < 4.78 is 3.90. The summed E-state index contributed by atoms with van der Waals surface area (Å²) in [7, 11) is 4.01. The Labute approximate surface area is 143 Å². The summed E-state index contributed by atoms with van der Waals surface area (Å²) in [6.45, 7) is 3.06. The highest BCUT2D eigenvalue weighted by atomic mass is 15.4. The molecule has 2 aliphatic rings. The maximum absolute atomic E-state index is 4.42. The van der Waals surface area contributed by atoms with E-state index in [1.165, 1.54) is 37.9 Å². The Morgan fingerprint density at radius 3 is 2.75 bits per heavy atom. The van der Waals surface area contributed by atoms with Crippen LogP contribution in [0.4, 0.5) is 0 Å². The topological polar surface area (TPSA) is 63.8 Å². The van der Waals surface area contributed by atoms with Gasteiger partial charge < -0.3 is 5.32 Å². The van der Waals surface area contributed by atoms with E-state index in [0.29, 0.717) is 12.0 Å². The van der Waals surface area contributed by atoms with E-state index in [-0.39, 0.29) is 0 Å². The Kier molecular flexibility index (Phi) is 4.37. The SMILES string of the molecule is Cn1nncc1CNC[C@@H]1CCCN(C2CC2)[C@H]1c1ccnn1C. The van der Waals surface area contributed by atoms with Gasteiger partial charge in [0.1, 0.15) is 0 Å². The third kappa shape index (κ3) is 3.10. The maximum Gasteiger partial charge on any atom is 0.0738 e. The van der Waals surface area contributed by atoms with Gasteiger partial charge in [0.05, 0.1) is 23.6 Å². The average Bonchev–Trinajstić information content (AvgIpc) is 3.23. The van der Waals surface area contributed by atoms with Crippen molar-refractivity contribution in [2.45, 2.75) is 44.3 Å². The molecule has 4 rings (SSSR count). The Morgan fingerprint density at radius 1 is 1.21 bits per heavy atom. The third-order valence-corrected chi connectivity index (χ3v) is 5.49. The quantitative estimate of drug-likeness (QED) is 0.864. The Morgan fingerprint density at radius 2 is 2.08 bits per heavy atom. The number of likely N-dealkylation sites (tertiary alicyclic amines) is 1. The fourth-order valence-corrected chi connectivity index (χ4v) is 4.08. The zero-order valence-electron chi connectivity index (χ0n) is 14.6. The number of hydrogen-bond acceptors (Lipinski definition) is 5. The molecule has 1 aliphatic heterocycles. The normalized spacial score (nSPS) is 25.2. The van der Waals surface area contributed by atoms with Gasteiger partial charge in [-0.25, -0.2) is 0 Å². The zero-order chi connectivity index (χ0) is 16.5. The molecule has 7 heteroatoms. The van der Waals surface area contributed by atoms with Crippen LogP contribution in [0, 0.1) is 5.92 Å². The van der Waals surface area contributed by atoms with E-state index in [2.05, 4.69) is 43.4 Å². The van der Waals surface area contributed by atoms with Gasteiger partial charge >= 0.3 is 0 Å². The van der Waals surface area contributed by atoms with Gasteiger partial charge in [-0.3, -0.25) is 14.3 Å². The Bertz CT molecular complexity index is 672. The first-order chi connectivity index (χ1) is 11.7. The predicted octanol–water partition coefficient (Wildman–Crippen LogP) is 1.25. The van der Waals surface area contributed by atoms with E-state index in [4.69, 9.17) is 0 Å². The molecule has 2 aromatic heterocycles. The number of rotatable bonds is 6.